The number of aromatic nitrogens is 4. The fourth-order valence-corrected chi connectivity index (χ4v) is 2.37. The molecule has 0 saturated heterocycles. The number of H-pyrrole nitrogens is 1. The summed E-state index contributed by atoms with van der Waals surface area (Å²) < 4.78 is 2.29. The van der Waals surface area contributed by atoms with Gasteiger partial charge in [0.15, 0.2) is 0 Å². The Morgan fingerprint density at radius 2 is 2.25 bits per heavy atom. The quantitative estimate of drug-likeness (QED) is 0.699. The lowest BCUT2D eigenvalue weighted by Gasteiger charge is -2.01. The minimum Gasteiger partial charge on any atom is -0.363 e. The smallest absolute Gasteiger partial charge is 0.286 e. The second-order valence-corrected chi connectivity index (χ2v) is 4.15. The summed E-state index contributed by atoms with van der Waals surface area (Å²) in [7, 11) is 0. The molecule has 3 N–H and O–H groups in total. The van der Waals surface area contributed by atoms with Crippen molar-refractivity contribution in [3.8, 4) is 0 Å². The fraction of sp³-hybridized carbons (Fsp3) is 0.333. The average molecular weight is 235 g/mol. The highest BCUT2D eigenvalue weighted by molar-refractivity contribution is 7.71. The maximum absolute atomic E-state index is 11.0. The second-order valence-electron chi connectivity index (χ2n) is 3.77. The van der Waals surface area contributed by atoms with E-state index in [1.54, 1.807) is 4.52 Å². The molecule has 0 spiro atoms. The number of aryl methyl sites for hydroxylation is 1. The lowest BCUT2D eigenvalue weighted by Crippen LogP contribution is -2.13. The van der Waals surface area contributed by atoms with Crippen molar-refractivity contribution in [2.24, 2.45) is 5.73 Å². The van der Waals surface area contributed by atoms with Gasteiger partial charge >= 0.3 is 0 Å². The summed E-state index contributed by atoms with van der Waals surface area (Å²) in [4.78, 5) is 19.2. The van der Waals surface area contributed by atoms with Crippen LogP contribution < -0.4 is 5.73 Å². The number of hydrogen-bond acceptors (Lipinski definition) is 4. The Morgan fingerprint density at radius 1 is 1.44 bits per heavy atom. The van der Waals surface area contributed by atoms with Gasteiger partial charge in [-0.2, -0.15) is 9.97 Å². The third-order valence-electron chi connectivity index (χ3n) is 2.78. The third kappa shape index (κ3) is 1.18. The third-order valence-corrected chi connectivity index (χ3v) is 3.12. The predicted molar refractivity (Wildman–Crippen MR) is 58.7 cm³/mol. The van der Waals surface area contributed by atoms with Crippen LogP contribution in [0.3, 0.4) is 0 Å². The summed E-state index contributed by atoms with van der Waals surface area (Å²) in [6, 6.07) is 0. The van der Waals surface area contributed by atoms with E-state index in [9.17, 15) is 4.79 Å². The maximum atomic E-state index is 11.0. The monoisotopic (exact) mass is 235 g/mol. The molecule has 0 radical (unpaired) electrons. The Hall–Kier alpha value is -1.76. The zero-order valence-corrected chi connectivity index (χ0v) is 9.17. The van der Waals surface area contributed by atoms with E-state index >= 15 is 0 Å². The molecule has 0 bridgehead atoms. The van der Waals surface area contributed by atoms with Crippen molar-refractivity contribution in [3.05, 3.63) is 21.7 Å². The molecular formula is C9H9N5OS. The van der Waals surface area contributed by atoms with E-state index in [-0.39, 0.29) is 5.82 Å². The molecule has 1 aliphatic carbocycles. The lowest BCUT2D eigenvalue weighted by atomic mass is 10.3. The van der Waals surface area contributed by atoms with Gasteiger partial charge < -0.3 is 5.73 Å². The van der Waals surface area contributed by atoms with Crippen molar-refractivity contribution in [2.45, 2.75) is 19.3 Å². The van der Waals surface area contributed by atoms with E-state index < -0.39 is 5.91 Å². The second kappa shape index (κ2) is 3.11. The zero-order valence-electron chi connectivity index (χ0n) is 8.36. The van der Waals surface area contributed by atoms with Gasteiger partial charge in [0.25, 0.3) is 11.7 Å². The van der Waals surface area contributed by atoms with Crippen LogP contribution in [0.15, 0.2) is 0 Å². The lowest BCUT2D eigenvalue weighted by molar-refractivity contribution is 0.0990. The molecule has 7 heteroatoms. The minimum atomic E-state index is -0.594. The zero-order chi connectivity index (χ0) is 11.3. The molecule has 0 saturated carbocycles. The van der Waals surface area contributed by atoms with E-state index in [4.69, 9.17) is 18.0 Å². The molecular weight excluding hydrogens is 226 g/mol. The van der Waals surface area contributed by atoms with E-state index in [1.165, 1.54) is 0 Å². The van der Waals surface area contributed by atoms with Gasteiger partial charge in [-0.1, -0.05) is 12.2 Å². The van der Waals surface area contributed by atoms with Gasteiger partial charge in [0.1, 0.15) is 4.64 Å². The van der Waals surface area contributed by atoms with Gasteiger partial charge in [-0.3, -0.25) is 9.89 Å². The molecule has 0 atom stereocenters. The summed E-state index contributed by atoms with van der Waals surface area (Å²) in [5.74, 6) is -0.0650. The number of rotatable bonds is 1. The predicted octanol–water partition coefficient (Wildman–Crippen LogP) is 0.374. The molecule has 2 heterocycles. The number of carbonyl (C=O) groups excluding carboxylic acids is 1. The normalized spacial score (nSPS) is 14.2. The molecule has 2 aromatic rings. The van der Waals surface area contributed by atoms with E-state index in [2.05, 4.69) is 15.1 Å². The van der Waals surface area contributed by atoms with Crippen LogP contribution in [-0.2, 0) is 12.8 Å². The first-order valence-electron chi connectivity index (χ1n) is 4.97. The highest BCUT2D eigenvalue weighted by atomic mass is 32.1. The Bertz CT molecular complexity index is 656. The Kier molecular flexibility index (Phi) is 1.84. The van der Waals surface area contributed by atoms with E-state index in [1.807, 2.05) is 0 Å². The Morgan fingerprint density at radius 3 is 3.00 bits per heavy atom. The number of amides is 1. The highest BCUT2D eigenvalue weighted by Gasteiger charge is 2.19. The summed E-state index contributed by atoms with van der Waals surface area (Å²) in [6.07, 6.45) is 2.91. The van der Waals surface area contributed by atoms with Crippen LogP contribution in [0.5, 0.6) is 0 Å². The Balaban J connectivity index is 2.40. The van der Waals surface area contributed by atoms with E-state index in [0.717, 1.165) is 30.5 Å². The summed E-state index contributed by atoms with van der Waals surface area (Å²) in [5.41, 5.74) is 7.30. The molecule has 6 nitrogen and oxygen atoms in total. The van der Waals surface area contributed by atoms with Crippen molar-refractivity contribution >= 4 is 23.9 Å². The van der Waals surface area contributed by atoms with Gasteiger partial charge in [-0.25, -0.2) is 4.52 Å². The number of fused-ring (bicyclic) bond motifs is 3. The van der Waals surface area contributed by atoms with Gasteiger partial charge in [0, 0.05) is 5.56 Å². The molecule has 0 fully saturated rings. The van der Waals surface area contributed by atoms with Gasteiger partial charge in [-0.15, -0.1) is 0 Å². The first kappa shape index (κ1) is 9.46. The van der Waals surface area contributed by atoms with Crippen LogP contribution in [-0.4, -0.2) is 25.5 Å². The van der Waals surface area contributed by atoms with E-state index in [0.29, 0.717) is 10.4 Å². The van der Waals surface area contributed by atoms with Crippen LogP contribution >= 0.6 is 12.2 Å². The molecule has 1 amide bonds. The van der Waals surface area contributed by atoms with Crippen LogP contribution in [0.4, 0.5) is 0 Å². The molecule has 0 aromatic carbocycles. The summed E-state index contributed by atoms with van der Waals surface area (Å²) >= 11 is 5.19. The van der Waals surface area contributed by atoms with Crippen LogP contribution in [0, 0.1) is 4.64 Å². The molecule has 0 unspecified atom stereocenters. The largest absolute Gasteiger partial charge is 0.363 e. The number of hydrogen-bond donors (Lipinski definition) is 2. The molecule has 3 rings (SSSR count). The highest BCUT2D eigenvalue weighted by Crippen LogP contribution is 2.22. The number of nitrogens with two attached hydrogens (primary N) is 1. The van der Waals surface area contributed by atoms with Crippen LogP contribution in [0.1, 0.15) is 28.3 Å². The fourth-order valence-electron chi connectivity index (χ4n) is 2.07. The van der Waals surface area contributed by atoms with Crippen molar-refractivity contribution in [2.75, 3.05) is 0 Å². The minimum absolute atomic E-state index is 0.113. The first-order valence-corrected chi connectivity index (χ1v) is 5.38. The molecule has 1 aliphatic rings. The molecule has 82 valence electrons. The number of carbonyl (C=O) groups is 1. The van der Waals surface area contributed by atoms with Gasteiger partial charge in [0.2, 0.25) is 5.82 Å². The summed E-state index contributed by atoms with van der Waals surface area (Å²) in [6.45, 7) is 0. The molecule has 0 aliphatic heterocycles. The number of nitrogens with one attached hydrogen (secondary N) is 1. The van der Waals surface area contributed by atoms with Gasteiger partial charge in [0.05, 0.1) is 5.69 Å². The first-order chi connectivity index (χ1) is 7.66. The Labute approximate surface area is 95.5 Å². The van der Waals surface area contributed by atoms with Crippen molar-refractivity contribution in [3.63, 3.8) is 0 Å². The van der Waals surface area contributed by atoms with Crippen molar-refractivity contribution in [1.29, 1.82) is 0 Å². The van der Waals surface area contributed by atoms with Crippen LogP contribution in [0.2, 0.25) is 0 Å². The number of nitrogens with zero attached hydrogens (tertiary/aromatic N) is 3. The SMILES string of the molecule is NC(=O)c1nc2nc(=S)c3c(n2[nH]1)CCC3. The molecule has 2 aromatic heterocycles. The van der Waals surface area contributed by atoms with Crippen molar-refractivity contribution in [1.82, 2.24) is 19.6 Å². The maximum Gasteiger partial charge on any atom is 0.286 e. The summed E-state index contributed by atoms with van der Waals surface area (Å²) in [5, 5.41) is 2.84. The van der Waals surface area contributed by atoms with Gasteiger partial charge in [-0.05, 0) is 19.3 Å². The number of aromatic amines is 1. The average Bonchev–Trinajstić information content (AvgIpc) is 2.80. The standard InChI is InChI=1S/C9H9N5OS/c10-6(15)7-11-9-12-8(16)4-2-1-3-5(4)14(9)13-7/h1-3H2,(H2,10,15)(H,11,12,13,16). The number of primary amides is 1. The molecule has 16 heavy (non-hydrogen) atoms. The topological polar surface area (TPSA) is 89.1 Å². The van der Waals surface area contributed by atoms with Crippen molar-refractivity contribution < 1.29 is 4.79 Å². The van der Waals surface area contributed by atoms with Crippen LogP contribution in [0.25, 0.3) is 5.78 Å².